The van der Waals surface area contributed by atoms with Crippen molar-refractivity contribution < 1.29 is 35.2 Å². The van der Waals surface area contributed by atoms with Crippen LogP contribution in [-0.2, 0) is 27.4 Å². The van der Waals surface area contributed by atoms with Crippen LogP contribution >= 0.6 is 0 Å². The van der Waals surface area contributed by atoms with Gasteiger partial charge in [0, 0.05) is 29.6 Å². The van der Waals surface area contributed by atoms with Gasteiger partial charge in [-0.1, -0.05) is 18.2 Å². The van der Waals surface area contributed by atoms with Gasteiger partial charge in [-0.15, -0.1) is 0 Å². The topological polar surface area (TPSA) is 114 Å². The van der Waals surface area contributed by atoms with Gasteiger partial charge in [0.25, 0.3) is 0 Å². The number of nitrogens with zero attached hydrogens (tertiary/aromatic N) is 1. The second kappa shape index (κ2) is 10.8. The SMILES string of the molecule is CC(C(=O)NCc1ccc(C(F)(F)F)nc1Nc1ccc(F)cc1)c1ccc(C(N)S(C)(=O)=O)c(F)c1. The lowest BCUT2D eigenvalue weighted by atomic mass is 9.98. The Morgan fingerprint density at radius 3 is 2.27 bits per heavy atom. The second-order valence-electron chi connectivity index (χ2n) is 8.30. The number of pyridine rings is 1. The molecule has 0 aliphatic carbocycles. The van der Waals surface area contributed by atoms with Crippen LogP contribution in [0.25, 0.3) is 0 Å². The molecule has 1 heterocycles. The Hall–Kier alpha value is -3.58. The summed E-state index contributed by atoms with van der Waals surface area (Å²) in [6, 6.07) is 10.3. The van der Waals surface area contributed by atoms with Crippen LogP contribution in [0.15, 0.2) is 54.6 Å². The molecule has 0 spiro atoms. The highest BCUT2D eigenvalue weighted by Gasteiger charge is 2.33. The Morgan fingerprint density at radius 1 is 1.05 bits per heavy atom. The third kappa shape index (κ3) is 7.01. The number of sulfone groups is 1. The maximum Gasteiger partial charge on any atom is 0.433 e. The first-order valence-electron chi connectivity index (χ1n) is 10.8. The molecule has 0 radical (unpaired) electrons. The summed E-state index contributed by atoms with van der Waals surface area (Å²) in [4.78, 5) is 16.3. The molecule has 3 rings (SSSR count). The van der Waals surface area contributed by atoms with Crippen LogP contribution in [0, 0.1) is 11.6 Å². The maximum absolute atomic E-state index is 14.5. The molecule has 0 saturated heterocycles. The molecule has 2 aromatic carbocycles. The molecule has 4 N–H and O–H groups in total. The second-order valence-corrected chi connectivity index (χ2v) is 10.5. The highest BCUT2D eigenvalue weighted by molar-refractivity contribution is 7.90. The van der Waals surface area contributed by atoms with Crippen LogP contribution < -0.4 is 16.4 Å². The van der Waals surface area contributed by atoms with Gasteiger partial charge in [-0.05, 0) is 48.9 Å². The van der Waals surface area contributed by atoms with E-state index in [2.05, 4.69) is 15.6 Å². The van der Waals surface area contributed by atoms with Crippen molar-refractivity contribution >= 4 is 27.2 Å². The zero-order valence-corrected chi connectivity index (χ0v) is 20.4. The van der Waals surface area contributed by atoms with Gasteiger partial charge >= 0.3 is 6.18 Å². The van der Waals surface area contributed by atoms with Crippen LogP contribution in [0.5, 0.6) is 0 Å². The molecule has 0 fully saturated rings. The van der Waals surface area contributed by atoms with Crippen molar-refractivity contribution in [1.82, 2.24) is 10.3 Å². The Bertz CT molecular complexity index is 1400. The lowest BCUT2D eigenvalue weighted by Gasteiger charge is -2.17. The first-order chi connectivity index (χ1) is 17.2. The minimum Gasteiger partial charge on any atom is -0.351 e. The summed E-state index contributed by atoms with van der Waals surface area (Å²) in [5.41, 5.74) is 4.88. The summed E-state index contributed by atoms with van der Waals surface area (Å²) >= 11 is 0. The van der Waals surface area contributed by atoms with Gasteiger partial charge in [0.1, 0.15) is 28.5 Å². The number of rotatable bonds is 8. The summed E-state index contributed by atoms with van der Waals surface area (Å²) in [6.45, 7) is 1.25. The van der Waals surface area contributed by atoms with Gasteiger partial charge in [0.2, 0.25) is 5.91 Å². The lowest BCUT2D eigenvalue weighted by molar-refractivity contribution is -0.141. The van der Waals surface area contributed by atoms with Crippen molar-refractivity contribution in [3.8, 4) is 0 Å². The van der Waals surface area contributed by atoms with Crippen molar-refractivity contribution in [3.63, 3.8) is 0 Å². The molecule has 0 saturated carbocycles. The van der Waals surface area contributed by atoms with Crippen molar-refractivity contribution in [1.29, 1.82) is 0 Å². The van der Waals surface area contributed by atoms with Crippen LogP contribution in [0.2, 0.25) is 0 Å². The molecule has 1 aromatic heterocycles. The molecule has 0 bridgehead atoms. The molecule has 198 valence electrons. The molecule has 7 nitrogen and oxygen atoms in total. The molecular formula is C24H23F5N4O3S. The van der Waals surface area contributed by atoms with E-state index < -0.39 is 50.5 Å². The molecule has 37 heavy (non-hydrogen) atoms. The lowest BCUT2D eigenvalue weighted by Crippen LogP contribution is -2.28. The summed E-state index contributed by atoms with van der Waals surface area (Å²) in [7, 11) is -3.75. The van der Waals surface area contributed by atoms with E-state index in [-0.39, 0.29) is 34.7 Å². The van der Waals surface area contributed by atoms with Gasteiger partial charge in [0.15, 0.2) is 9.84 Å². The van der Waals surface area contributed by atoms with Crippen molar-refractivity contribution in [2.75, 3.05) is 11.6 Å². The average Bonchev–Trinajstić information content (AvgIpc) is 2.82. The highest BCUT2D eigenvalue weighted by atomic mass is 32.2. The van der Waals surface area contributed by atoms with Gasteiger partial charge in [0.05, 0.1) is 5.92 Å². The fourth-order valence-corrected chi connectivity index (χ4v) is 3.98. The summed E-state index contributed by atoms with van der Waals surface area (Å²) in [6.07, 6.45) is -3.85. The first kappa shape index (κ1) is 28.0. The van der Waals surface area contributed by atoms with E-state index in [4.69, 9.17) is 5.73 Å². The Balaban J connectivity index is 1.79. The number of amides is 1. The van der Waals surface area contributed by atoms with E-state index in [1.54, 1.807) is 0 Å². The molecule has 0 aliphatic heterocycles. The van der Waals surface area contributed by atoms with E-state index in [1.165, 1.54) is 31.2 Å². The molecule has 0 aliphatic rings. The molecule has 3 aromatic rings. The number of nitrogens with two attached hydrogens (primary N) is 1. The number of benzene rings is 2. The summed E-state index contributed by atoms with van der Waals surface area (Å²) < 4.78 is 90.5. The number of carbonyl (C=O) groups excluding carboxylic acids is 1. The zero-order valence-electron chi connectivity index (χ0n) is 19.6. The van der Waals surface area contributed by atoms with Gasteiger partial charge in [-0.3, -0.25) is 4.79 Å². The monoisotopic (exact) mass is 542 g/mol. The van der Waals surface area contributed by atoms with Crippen LogP contribution in [0.1, 0.15) is 40.6 Å². The Kier molecular flexibility index (Phi) is 8.18. The third-order valence-electron chi connectivity index (χ3n) is 5.51. The smallest absolute Gasteiger partial charge is 0.351 e. The minimum absolute atomic E-state index is 0.195. The quantitative estimate of drug-likeness (QED) is 0.360. The number of alkyl halides is 3. The first-order valence-corrected chi connectivity index (χ1v) is 12.7. The standard InChI is InChI=1S/C24H23F5N4O3S/c1-13(14-3-9-18(19(26)11-14)21(30)37(2,35)36)23(34)31-12-15-4-10-20(24(27,28)29)33-22(15)32-17-7-5-16(25)6-8-17/h3-11,13,21H,12,30H2,1-2H3,(H,31,34)(H,32,33). The van der Waals surface area contributed by atoms with E-state index in [0.29, 0.717) is 0 Å². The largest absolute Gasteiger partial charge is 0.433 e. The van der Waals surface area contributed by atoms with Gasteiger partial charge < -0.3 is 16.4 Å². The van der Waals surface area contributed by atoms with Crippen LogP contribution in [0.4, 0.5) is 33.5 Å². The number of hydrogen-bond donors (Lipinski definition) is 3. The Labute approximate surface area is 209 Å². The molecule has 2 unspecified atom stereocenters. The van der Waals surface area contributed by atoms with Crippen LogP contribution in [-0.4, -0.2) is 25.6 Å². The number of carbonyl (C=O) groups is 1. The molecule has 2 atom stereocenters. The van der Waals surface area contributed by atoms with E-state index in [0.717, 1.165) is 36.6 Å². The van der Waals surface area contributed by atoms with E-state index in [1.807, 2.05) is 0 Å². The van der Waals surface area contributed by atoms with Crippen molar-refractivity contribution in [2.45, 2.75) is 30.9 Å². The third-order valence-corrected chi connectivity index (χ3v) is 6.69. The Morgan fingerprint density at radius 2 is 1.70 bits per heavy atom. The number of halogens is 5. The predicted molar refractivity (Wildman–Crippen MR) is 127 cm³/mol. The zero-order chi connectivity index (χ0) is 27.5. The van der Waals surface area contributed by atoms with E-state index >= 15 is 0 Å². The van der Waals surface area contributed by atoms with Gasteiger partial charge in [-0.2, -0.15) is 13.2 Å². The fraction of sp³-hybridized carbons (Fsp3) is 0.250. The molecular weight excluding hydrogens is 519 g/mol. The number of aromatic nitrogens is 1. The minimum atomic E-state index is -4.72. The molecule has 13 heteroatoms. The summed E-state index contributed by atoms with van der Waals surface area (Å²) in [5.74, 6) is -3.10. The maximum atomic E-state index is 14.5. The normalized spacial score (nSPS) is 13.6. The number of hydrogen-bond acceptors (Lipinski definition) is 6. The van der Waals surface area contributed by atoms with E-state index in [9.17, 15) is 35.2 Å². The average molecular weight is 543 g/mol. The van der Waals surface area contributed by atoms with Crippen molar-refractivity contribution in [3.05, 3.63) is 88.6 Å². The fourth-order valence-electron chi connectivity index (χ4n) is 3.33. The number of nitrogens with one attached hydrogen (secondary N) is 2. The number of anilines is 2. The molecule has 1 amide bonds. The van der Waals surface area contributed by atoms with Crippen LogP contribution in [0.3, 0.4) is 0 Å². The summed E-state index contributed by atoms with van der Waals surface area (Å²) in [5, 5.41) is 3.70. The predicted octanol–water partition coefficient (Wildman–Crippen LogP) is 4.54. The van der Waals surface area contributed by atoms with Gasteiger partial charge in [-0.25, -0.2) is 22.2 Å². The highest BCUT2D eigenvalue weighted by Crippen LogP contribution is 2.31. The van der Waals surface area contributed by atoms with Crippen molar-refractivity contribution in [2.24, 2.45) is 5.73 Å².